The zero-order chi connectivity index (χ0) is 30.0. The number of rotatable bonds is 4. The predicted molar refractivity (Wildman–Crippen MR) is 184 cm³/mol. The van der Waals surface area contributed by atoms with E-state index in [9.17, 15) is 0 Å². The van der Waals surface area contributed by atoms with Crippen LogP contribution in [0.5, 0.6) is 0 Å². The first-order valence-corrected chi connectivity index (χ1v) is 23.7. The van der Waals surface area contributed by atoms with Gasteiger partial charge in [-0.2, -0.15) is 0 Å². The number of halogens is 2. The van der Waals surface area contributed by atoms with Crippen molar-refractivity contribution in [2.24, 2.45) is 0 Å². The van der Waals surface area contributed by atoms with E-state index in [0.29, 0.717) is 0 Å². The van der Waals surface area contributed by atoms with E-state index in [0.717, 1.165) is 0 Å². The molecular weight excluding hydrogens is 649 g/mol. The van der Waals surface area contributed by atoms with E-state index in [4.69, 9.17) is 20.0 Å². The fourth-order valence-electron chi connectivity index (χ4n) is 6.35. The quantitative estimate of drug-likeness (QED) is 0.192. The van der Waals surface area contributed by atoms with E-state index in [1.165, 1.54) is 84.3 Å². The van der Waals surface area contributed by atoms with E-state index in [1.54, 1.807) is 0 Å². The topological polar surface area (TPSA) is 0 Å². The van der Waals surface area contributed by atoms with Gasteiger partial charge in [0.2, 0.25) is 0 Å². The molecule has 0 heterocycles. The van der Waals surface area contributed by atoms with Crippen molar-refractivity contribution in [2.75, 3.05) is 0 Å². The fraction of sp³-hybridized carbons (Fsp3) is 0.333. The maximum absolute atomic E-state index is 7.02. The Morgan fingerprint density at radius 1 is 0.300 bits per heavy atom. The molecule has 0 atom stereocenters. The molecular formula is C36H44Cl2Ge2. The average molecular weight is 693 g/mol. The zero-order valence-electron chi connectivity index (χ0n) is 26.4. The van der Waals surface area contributed by atoms with Crippen LogP contribution < -0.4 is 17.6 Å². The molecule has 0 aliphatic rings. The van der Waals surface area contributed by atoms with E-state index in [2.05, 4.69) is 132 Å². The molecule has 40 heavy (non-hydrogen) atoms. The van der Waals surface area contributed by atoms with Crippen LogP contribution >= 0.6 is 20.0 Å². The molecule has 0 N–H and O–H groups in total. The first-order chi connectivity index (χ1) is 18.6. The molecule has 0 aliphatic heterocycles. The van der Waals surface area contributed by atoms with Gasteiger partial charge in [0.1, 0.15) is 0 Å². The van der Waals surface area contributed by atoms with Crippen LogP contribution in [-0.4, -0.2) is 26.8 Å². The first kappa shape index (κ1) is 33.1. The van der Waals surface area contributed by atoms with Crippen LogP contribution in [0.4, 0.5) is 0 Å². The zero-order valence-corrected chi connectivity index (χ0v) is 32.1. The summed E-state index contributed by atoms with van der Waals surface area (Å²) in [6.07, 6.45) is 0. The van der Waals surface area contributed by atoms with E-state index in [1.807, 2.05) is 0 Å². The third-order valence-electron chi connectivity index (χ3n) is 7.59. The third-order valence-corrected chi connectivity index (χ3v) is 21.8. The summed E-state index contributed by atoms with van der Waals surface area (Å²) >= 11 is -3.92. The molecule has 0 fully saturated rings. The fourth-order valence-corrected chi connectivity index (χ4v) is 20.6. The SMILES string of the molecule is Cc1cc(C)[c]([Ge]([Cl])[c]2c(C)cc(C)cc2C)c(C)c1.Cc1cc(C)[c]([Ge]([Cl])[c]2c(C)cc(C)cc2C)c(C)c1. The Morgan fingerprint density at radius 3 is 0.550 bits per heavy atom. The van der Waals surface area contributed by atoms with E-state index in [-0.39, 0.29) is 0 Å². The standard InChI is InChI=1S/2C18H22ClGe/c2*1-11-7-13(3)17(14(4)8-11)20(19)18-15(5)9-12(2)10-16(18)6/h2*7-10H,1-6H3. The summed E-state index contributed by atoms with van der Waals surface area (Å²) in [5, 5.41) is 0. The molecule has 4 rings (SSSR count). The summed E-state index contributed by atoms with van der Waals surface area (Å²) in [6.45, 7) is 26.2. The van der Waals surface area contributed by atoms with Gasteiger partial charge in [-0.15, -0.1) is 0 Å². The van der Waals surface area contributed by atoms with Crippen LogP contribution in [0.1, 0.15) is 66.8 Å². The molecule has 0 aliphatic carbocycles. The number of benzene rings is 4. The van der Waals surface area contributed by atoms with Crippen LogP contribution in [0, 0.1) is 83.1 Å². The molecule has 210 valence electrons. The van der Waals surface area contributed by atoms with E-state index < -0.39 is 26.8 Å². The molecule has 0 nitrogen and oxygen atoms in total. The second-order valence-electron chi connectivity index (χ2n) is 11.7. The minimum atomic E-state index is -1.96. The van der Waals surface area contributed by atoms with E-state index >= 15 is 0 Å². The normalized spacial score (nSPS) is 11.2. The minimum absolute atomic E-state index is 1.32. The molecule has 0 unspecified atom stereocenters. The summed E-state index contributed by atoms with van der Waals surface area (Å²) < 4.78 is 5.69. The van der Waals surface area contributed by atoms with Gasteiger partial charge in [-0.3, -0.25) is 0 Å². The molecule has 0 amide bonds. The summed E-state index contributed by atoms with van der Waals surface area (Å²) in [7, 11) is 14.0. The van der Waals surface area contributed by atoms with Gasteiger partial charge >= 0.3 is 263 Å². The molecule has 0 bridgehead atoms. The van der Waals surface area contributed by atoms with Gasteiger partial charge in [0, 0.05) is 0 Å². The Balaban J connectivity index is 0.000000220. The molecule has 4 aromatic carbocycles. The molecule has 0 spiro atoms. The van der Waals surface area contributed by atoms with Gasteiger partial charge in [0.25, 0.3) is 0 Å². The first-order valence-electron chi connectivity index (χ1n) is 14.0. The van der Waals surface area contributed by atoms with Gasteiger partial charge in [-0.1, -0.05) is 0 Å². The van der Waals surface area contributed by atoms with Crippen molar-refractivity contribution in [2.45, 2.75) is 83.1 Å². The van der Waals surface area contributed by atoms with Crippen molar-refractivity contribution in [3.8, 4) is 0 Å². The van der Waals surface area contributed by atoms with Crippen LogP contribution in [0.25, 0.3) is 0 Å². The Labute approximate surface area is 261 Å². The second kappa shape index (κ2) is 13.7. The summed E-state index contributed by atoms with van der Waals surface area (Å²) in [6, 6.07) is 18.1. The Kier molecular flexibility index (Phi) is 11.3. The van der Waals surface area contributed by atoms with Crippen molar-refractivity contribution in [1.29, 1.82) is 0 Å². The van der Waals surface area contributed by atoms with Crippen molar-refractivity contribution >= 4 is 64.4 Å². The van der Waals surface area contributed by atoms with Crippen molar-refractivity contribution in [1.82, 2.24) is 0 Å². The maximum atomic E-state index is 7.02. The van der Waals surface area contributed by atoms with Gasteiger partial charge < -0.3 is 0 Å². The molecule has 0 saturated carbocycles. The third kappa shape index (κ3) is 7.48. The van der Waals surface area contributed by atoms with Gasteiger partial charge in [-0.25, -0.2) is 0 Å². The number of hydrogen-bond donors (Lipinski definition) is 0. The van der Waals surface area contributed by atoms with Crippen molar-refractivity contribution < 1.29 is 0 Å². The van der Waals surface area contributed by atoms with Gasteiger partial charge in [0.15, 0.2) is 0 Å². The molecule has 2 radical (unpaired) electrons. The average Bonchev–Trinajstić information content (AvgIpc) is 2.76. The number of hydrogen-bond acceptors (Lipinski definition) is 0. The summed E-state index contributed by atoms with van der Waals surface area (Å²) in [5.74, 6) is 0. The Hall–Kier alpha value is -1.45. The number of aryl methyl sites for hydroxylation is 12. The monoisotopic (exact) mass is 694 g/mol. The second-order valence-corrected chi connectivity index (χ2v) is 22.5. The van der Waals surface area contributed by atoms with Gasteiger partial charge in [-0.05, 0) is 0 Å². The molecule has 4 heteroatoms. The molecule has 0 aromatic heterocycles. The van der Waals surface area contributed by atoms with Crippen LogP contribution in [0.15, 0.2) is 48.5 Å². The van der Waals surface area contributed by atoms with Gasteiger partial charge in [0.05, 0.1) is 0 Å². The van der Waals surface area contributed by atoms with Crippen LogP contribution in [0.2, 0.25) is 0 Å². The van der Waals surface area contributed by atoms with Crippen LogP contribution in [0.3, 0.4) is 0 Å². The van der Waals surface area contributed by atoms with Crippen molar-refractivity contribution in [3.05, 3.63) is 115 Å². The Bertz CT molecular complexity index is 1230. The summed E-state index contributed by atoms with van der Waals surface area (Å²) in [4.78, 5) is 0. The predicted octanol–water partition coefficient (Wildman–Crippen LogP) is 7.76. The Morgan fingerprint density at radius 2 is 0.425 bits per heavy atom. The van der Waals surface area contributed by atoms with Crippen molar-refractivity contribution in [3.63, 3.8) is 0 Å². The molecule has 0 saturated heterocycles. The van der Waals surface area contributed by atoms with Crippen LogP contribution in [-0.2, 0) is 0 Å². The summed E-state index contributed by atoms with van der Waals surface area (Å²) in [5.41, 5.74) is 16.1. The molecule has 4 aromatic rings.